The first-order valence-corrected chi connectivity index (χ1v) is 7.34. The molecule has 0 amide bonds. The van der Waals surface area contributed by atoms with Crippen LogP contribution in [0.1, 0.15) is 27.2 Å². The van der Waals surface area contributed by atoms with Gasteiger partial charge in [-0.05, 0) is 25.5 Å². The summed E-state index contributed by atoms with van der Waals surface area (Å²) >= 11 is 0. The van der Waals surface area contributed by atoms with Crippen LogP contribution in [0.15, 0.2) is 36.5 Å². The second-order valence-corrected chi connectivity index (χ2v) is 6.11. The van der Waals surface area contributed by atoms with Crippen LogP contribution in [0.5, 0.6) is 0 Å². The molecule has 2 unspecified atom stereocenters. The molecule has 1 fully saturated rings. The number of hydrogen-bond acceptors (Lipinski definition) is 3. The summed E-state index contributed by atoms with van der Waals surface area (Å²) in [6.07, 6.45) is 3.35. The van der Waals surface area contributed by atoms with Crippen LogP contribution < -0.4 is 5.32 Å². The number of para-hydroxylation sites is 1. The van der Waals surface area contributed by atoms with E-state index in [1.807, 2.05) is 24.4 Å². The van der Waals surface area contributed by atoms with Crippen LogP contribution in [0.4, 0.5) is 5.69 Å². The second-order valence-electron chi connectivity index (χ2n) is 6.11. The van der Waals surface area contributed by atoms with Gasteiger partial charge in [0.1, 0.15) is 0 Å². The summed E-state index contributed by atoms with van der Waals surface area (Å²) in [6.45, 7) is 7.38. The summed E-state index contributed by atoms with van der Waals surface area (Å²) in [5, 5.41) is 4.78. The Morgan fingerprint density at radius 2 is 2.15 bits per heavy atom. The van der Waals surface area contributed by atoms with Crippen molar-refractivity contribution < 1.29 is 4.74 Å². The van der Waals surface area contributed by atoms with E-state index in [1.54, 1.807) is 0 Å². The molecule has 0 aliphatic heterocycles. The highest BCUT2D eigenvalue weighted by molar-refractivity contribution is 5.81. The standard InChI is InChI=1S/C17H22N2O/c1-4-20-16-10-15(17(16,2)3)19-13-9-12-7-5-6-8-14(12)18-11-13/h5-9,11,15-16,19H,4,10H2,1-3H3. The molecule has 2 aromatic rings. The number of anilines is 1. The van der Waals surface area contributed by atoms with E-state index in [1.165, 1.54) is 5.39 Å². The van der Waals surface area contributed by atoms with Gasteiger partial charge in [0.25, 0.3) is 0 Å². The van der Waals surface area contributed by atoms with Crippen LogP contribution >= 0.6 is 0 Å². The van der Waals surface area contributed by atoms with Gasteiger partial charge in [0.05, 0.1) is 23.5 Å². The van der Waals surface area contributed by atoms with Crippen molar-refractivity contribution in [3.05, 3.63) is 36.5 Å². The zero-order valence-electron chi connectivity index (χ0n) is 12.4. The fourth-order valence-electron chi connectivity index (χ4n) is 2.97. The van der Waals surface area contributed by atoms with E-state index in [2.05, 4.69) is 43.2 Å². The second kappa shape index (κ2) is 5.06. The molecular formula is C17H22N2O. The average molecular weight is 270 g/mol. The summed E-state index contributed by atoms with van der Waals surface area (Å²) in [4.78, 5) is 4.50. The van der Waals surface area contributed by atoms with E-state index < -0.39 is 0 Å². The van der Waals surface area contributed by atoms with Gasteiger partial charge in [-0.2, -0.15) is 0 Å². The van der Waals surface area contributed by atoms with Crippen LogP contribution in [0, 0.1) is 5.41 Å². The molecule has 0 radical (unpaired) electrons. The molecule has 2 atom stereocenters. The number of pyridine rings is 1. The van der Waals surface area contributed by atoms with E-state index >= 15 is 0 Å². The predicted molar refractivity (Wildman–Crippen MR) is 83.0 cm³/mol. The van der Waals surface area contributed by atoms with Crippen molar-refractivity contribution in [3.8, 4) is 0 Å². The van der Waals surface area contributed by atoms with Gasteiger partial charge < -0.3 is 10.1 Å². The fourth-order valence-corrected chi connectivity index (χ4v) is 2.97. The third-order valence-electron chi connectivity index (χ3n) is 4.48. The lowest BCUT2D eigenvalue weighted by Gasteiger charge is -2.52. The third kappa shape index (κ3) is 2.27. The highest BCUT2D eigenvalue weighted by atomic mass is 16.5. The van der Waals surface area contributed by atoms with Crippen molar-refractivity contribution in [2.24, 2.45) is 5.41 Å². The molecule has 0 saturated heterocycles. The number of nitrogens with zero attached hydrogens (tertiary/aromatic N) is 1. The Labute approximate surface area is 120 Å². The van der Waals surface area contributed by atoms with Gasteiger partial charge in [-0.3, -0.25) is 4.98 Å². The number of rotatable bonds is 4. The van der Waals surface area contributed by atoms with E-state index in [0.29, 0.717) is 12.1 Å². The van der Waals surface area contributed by atoms with E-state index in [0.717, 1.165) is 24.2 Å². The molecular weight excluding hydrogens is 248 g/mol. The Bertz CT molecular complexity index is 609. The number of fused-ring (bicyclic) bond motifs is 1. The van der Waals surface area contributed by atoms with E-state index in [-0.39, 0.29) is 5.41 Å². The van der Waals surface area contributed by atoms with Crippen molar-refractivity contribution in [1.29, 1.82) is 0 Å². The van der Waals surface area contributed by atoms with Gasteiger partial charge in [0.15, 0.2) is 0 Å². The van der Waals surface area contributed by atoms with Crippen LogP contribution in [-0.2, 0) is 4.74 Å². The Morgan fingerprint density at radius 3 is 2.90 bits per heavy atom. The van der Waals surface area contributed by atoms with Gasteiger partial charge >= 0.3 is 0 Å². The highest BCUT2D eigenvalue weighted by Crippen LogP contribution is 2.44. The molecule has 1 aromatic carbocycles. The van der Waals surface area contributed by atoms with Crippen molar-refractivity contribution in [2.45, 2.75) is 39.3 Å². The summed E-state index contributed by atoms with van der Waals surface area (Å²) < 4.78 is 5.78. The van der Waals surface area contributed by atoms with Gasteiger partial charge in [-0.1, -0.05) is 32.0 Å². The fraction of sp³-hybridized carbons (Fsp3) is 0.471. The Morgan fingerprint density at radius 1 is 1.35 bits per heavy atom. The van der Waals surface area contributed by atoms with Crippen LogP contribution in [0.3, 0.4) is 0 Å². The molecule has 1 aliphatic rings. The Hall–Kier alpha value is -1.61. The van der Waals surface area contributed by atoms with Gasteiger partial charge in [-0.15, -0.1) is 0 Å². The zero-order valence-corrected chi connectivity index (χ0v) is 12.4. The summed E-state index contributed by atoms with van der Waals surface area (Å²) in [5.74, 6) is 0. The first kappa shape index (κ1) is 13.4. The van der Waals surface area contributed by atoms with Crippen molar-refractivity contribution in [2.75, 3.05) is 11.9 Å². The van der Waals surface area contributed by atoms with Crippen LogP contribution in [0.25, 0.3) is 10.9 Å². The predicted octanol–water partition coefficient (Wildman–Crippen LogP) is 3.85. The summed E-state index contributed by atoms with van der Waals surface area (Å²) in [6, 6.07) is 10.8. The first-order valence-electron chi connectivity index (χ1n) is 7.34. The molecule has 20 heavy (non-hydrogen) atoms. The minimum absolute atomic E-state index is 0.168. The van der Waals surface area contributed by atoms with Crippen LogP contribution in [-0.4, -0.2) is 23.7 Å². The number of benzene rings is 1. The lowest BCUT2D eigenvalue weighted by Crippen LogP contribution is -2.58. The maximum absolute atomic E-state index is 5.78. The van der Waals surface area contributed by atoms with Gasteiger partial charge in [0.2, 0.25) is 0 Å². The smallest absolute Gasteiger partial charge is 0.0703 e. The SMILES string of the molecule is CCOC1CC(Nc2cnc3ccccc3c2)C1(C)C. The minimum atomic E-state index is 0.168. The van der Waals surface area contributed by atoms with E-state index in [4.69, 9.17) is 4.74 Å². The maximum Gasteiger partial charge on any atom is 0.0703 e. The molecule has 106 valence electrons. The monoisotopic (exact) mass is 270 g/mol. The topological polar surface area (TPSA) is 34.1 Å². The molecule has 1 saturated carbocycles. The van der Waals surface area contributed by atoms with Crippen molar-refractivity contribution in [3.63, 3.8) is 0 Å². The molecule has 1 heterocycles. The van der Waals surface area contributed by atoms with Gasteiger partial charge in [-0.25, -0.2) is 0 Å². The summed E-state index contributed by atoms with van der Waals surface area (Å²) in [7, 11) is 0. The van der Waals surface area contributed by atoms with Crippen molar-refractivity contribution >= 4 is 16.6 Å². The molecule has 0 bridgehead atoms. The lowest BCUT2D eigenvalue weighted by atomic mass is 9.64. The molecule has 0 spiro atoms. The third-order valence-corrected chi connectivity index (χ3v) is 4.48. The Balaban J connectivity index is 1.74. The molecule has 3 nitrogen and oxygen atoms in total. The number of hydrogen-bond donors (Lipinski definition) is 1. The highest BCUT2D eigenvalue weighted by Gasteiger charge is 2.48. The lowest BCUT2D eigenvalue weighted by molar-refractivity contribution is -0.0975. The molecule has 1 aliphatic carbocycles. The first-order chi connectivity index (χ1) is 9.61. The molecule has 3 heteroatoms. The Kier molecular flexibility index (Phi) is 3.38. The minimum Gasteiger partial charge on any atom is -0.380 e. The van der Waals surface area contributed by atoms with Crippen LogP contribution in [0.2, 0.25) is 0 Å². The number of nitrogens with one attached hydrogen (secondary N) is 1. The maximum atomic E-state index is 5.78. The zero-order chi connectivity index (χ0) is 14.2. The van der Waals surface area contributed by atoms with E-state index in [9.17, 15) is 0 Å². The molecule has 3 rings (SSSR count). The van der Waals surface area contributed by atoms with Crippen molar-refractivity contribution in [1.82, 2.24) is 4.98 Å². The quantitative estimate of drug-likeness (QED) is 0.916. The average Bonchev–Trinajstić information content (AvgIpc) is 2.46. The number of ether oxygens (including phenoxy) is 1. The largest absolute Gasteiger partial charge is 0.380 e. The number of aromatic nitrogens is 1. The molecule has 1 N–H and O–H groups in total. The summed E-state index contributed by atoms with van der Waals surface area (Å²) in [5.41, 5.74) is 2.30. The van der Waals surface area contributed by atoms with Gasteiger partial charge in [0, 0.05) is 23.4 Å². The normalized spacial score (nSPS) is 24.4. The molecule has 1 aromatic heterocycles.